The van der Waals surface area contributed by atoms with Crippen LogP contribution in [0, 0.1) is 0 Å². The molecule has 190 valence electrons. The summed E-state index contributed by atoms with van der Waals surface area (Å²) < 4.78 is 13.1. The zero-order valence-electron chi connectivity index (χ0n) is 20.4. The number of hydrogen-bond donors (Lipinski definition) is 2. The van der Waals surface area contributed by atoms with Gasteiger partial charge in [0.2, 0.25) is 11.8 Å². The summed E-state index contributed by atoms with van der Waals surface area (Å²) in [4.78, 5) is 23.1. The van der Waals surface area contributed by atoms with Gasteiger partial charge in [0.1, 0.15) is 0 Å². The Balaban J connectivity index is 1.33. The number of rotatable bonds is 6. The minimum atomic E-state index is -0.733. The van der Waals surface area contributed by atoms with Gasteiger partial charge in [-0.05, 0) is 36.1 Å². The number of nitrogens with two attached hydrogens (primary N) is 1. The van der Waals surface area contributed by atoms with Crippen LogP contribution in [0.4, 0.5) is 11.6 Å². The quantitative estimate of drug-likeness (QED) is 0.401. The number of aromatic nitrogens is 6. The normalized spacial score (nSPS) is 19.9. The number of aryl methyl sites for hydroxylation is 1. The summed E-state index contributed by atoms with van der Waals surface area (Å²) in [5, 5.41) is 15.4. The first-order valence-electron chi connectivity index (χ1n) is 12.2. The molecule has 2 aliphatic heterocycles. The van der Waals surface area contributed by atoms with E-state index in [4.69, 9.17) is 19.9 Å². The minimum Gasteiger partial charge on any atom is -0.416 e. The topological polar surface area (TPSA) is 150 Å². The molecule has 2 aliphatic rings. The molecule has 2 atom stereocenters. The van der Waals surface area contributed by atoms with Crippen molar-refractivity contribution in [1.29, 1.82) is 0 Å². The number of amides is 1. The predicted octanol–water partition coefficient (Wildman–Crippen LogP) is 1.88. The number of nitrogens with one attached hydrogen (secondary N) is 1. The molecule has 37 heavy (non-hydrogen) atoms. The Hall–Kier alpha value is -4.16. The van der Waals surface area contributed by atoms with E-state index in [9.17, 15) is 4.79 Å². The highest BCUT2D eigenvalue weighted by atomic mass is 16.5. The molecule has 0 bridgehead atoms. The molecule has 12 heteroatoms. The number of fused-ring (bicyclic) bond motifs is 1. The Morgan fingerprint density at radius 2 is 2.16 bits per heavy atom. The fraction of sp³-hybridized carbons (Fsp3) is 0.360. The van der Waals surface area contributed by atoms with Crippen molar-refractivity contribution in [3.8, 4) is 11.3 Å². The van der Waals surface area contributed by atoms with Gasteiger partial charge < -0.3 is 20.2 Å². The van der Waals surface area contributed by atoms with E-state index in [1.54, 1.807) is 17.1 Å². The summed E-state index contributed by atoms with van der Waals surface area (Å²) in [6.07, 6.45) is 7.15. The van der Waals surface area contributed by atoms with Crippen molar-refractivity contribution in [3.63, 3.8) is 0 Å². The number of carbonyl (C=O) groups excluding carboxylic acids is 1. The zero-order chi connectivity index (χ0) is 25.4. The monoisotopic (exact) mass is 501 g/mol. The molecule has 1 fully saturated rings. The van der Waals surface area contributed by atoms with Crippen LogP contribution in [-0.2, 0) is 18.2 Å². The first-order valence-corrected chi connectivity index (χ1v) is 12.2. The third-order valence-electron chi connectivity index (χ3n) is 6.89. The van der Waals surface area contributed by atoms with Gasteiger partial charge >= 0.3 is 11.8 Å². The molecule has 5 heterocycles. The molecule has 3 N–H and O–H groups in total. The van der Waals surface area contributed by atoms with Gasteiger partial charge in [0.05, 0.1) is 30.1 Å². The maximum absolute atomic E-state index is 11.6. The minimum absolute atomic E-state index is 0.178. The Kier molecular flexibility index (Phi) is 6.10. The van der Waals surface area contributed by atoms with Crippen molar-refractivity contribution >= 4 is 17.5 Å². The molecule has 0 unspecified atom stereocenters. The van der Waals surface area contributed by atoms with Gasteiger partial charge in [-0.3, -0.25) is 14.4 Å². The summed E-state index contributed by atoms with van der Waals surface area (Å²) >= 11 is 0. The maximum Gasteiger partial charge on any atom is 0.306 e. The third-order valence-corrected chi connectivity index (χ3v) is 6.89. The first kappa shape index (κ1) is 23.3. The Labute approximate surface area is 212 Å². The first-order chi connectivity index (χ1) is 18.0. The molecule has 0 saturated carbocycles. The molecule has 1 amide bonds. The van der Waals surface area contributed by atoms with E-state index in [0.29, 0.717) is 31.0 Å². The lowest BCUT2D eigenvalue weighted by Crippen LogP contribution is -2.38. The van der Waals surface area contributed by atoms with Crippen LogP contribution in [0.1, 0.15) is 40.0 Å². The van der Waals surface area contributed by atoms with E-state index in [2.05, 4.69) is 42.6 Å². The van der Waals surface area contributed by atoms with Gasteiger partial charge in [-0.15, -0.1) is 10.2 Å². The zero-order valence-corrected chi connectivity index (χ0v) is 20.4. The molecule has 0 radical (unpaired) electrons. The van der Waals surface area contributed by atoms with Crippen LogP contribution in [0.5, 0.6) is 0 Å². The highest BCUT2D eigenvalue weighted by molar-refractivity contribution is 5.87. The van der Waals surface area contributed by atoms with E-state index in [1.807, 2.05) is 25.4 Å². The summed E-state index contributed by atoms with van der Waals surface area (Å²) in [7, 11) is 1.86. The number of ether oxygens (including phenoxy) is 1. The fourth-order valence-electron chi connectivity index (χ4n) is 5.03. The highest BCUT2D eigenvalue weighted by Gasteiger charge is 2.33. The van der Waals surface area contributed by atoms with Gasteiger partial charge in [-0.1, -0.05) is 12.1 Å². The second-order valence-electron chi connectivity index (χ2n) is 9.33. The van der Waals surface area contributed by atoms with Gasteiger partial charge in [-0.2, -0.15) is 5.10 Å². The molecular weight excluding hydrogens is 474 g/mol. The van der Waals surface area contributed by atoms with E-state index in [-0.39, 0.29) is 11.8 Å². The smallest absolute Gasteiger partial charge is 0.306 e. The van der Waals surface area contributed by atoms with Crippen LogP contribution in [0.25, 0.3) is 11.3 Å². The van der Waals surface area contributed by atoms with Crippen molar-refractivity contribution < 1.29 is 13.9 Å². The van der Waals surface area contributed by atoms with E-state index in [1.165, 1.54) is 5.56 Å². The molecule has 12 nitrogen and oxygen atoms in total. The number of anilines is 2. The Morgan fingerprint density at radius 1 is 1.24 bits per heavy atom. The van der Waals surface area contributed by atoms with Crippen molar-refractivity contribution in [2.24, 2.45) is 12.8 Å². The fourth-order valence-corrected chi connectivity index (χ4v) is 5.03. The summed E-state index contributed by atoms with van der Waals surface area (Å²) in [6.45, 7) is 3.03. The van der Waals surface area contributed by atoms with Crippen molar-refractivity contribution in [1.82, 2.24) is 34.8 Å². The second-order valence-corrected chi connectivity index (χ2v) is 9.33. The average molecular weight is 502 g/mol. The lowest BCUT2D eigenvalue weighted by molar-refractivity contribution is 0.0964. The van der Waals surface area contributed by atoms with Gasteiger partial charge in [-0.25, -0.2) is 9.97 Å². The molecule has 4 aromatic rings. The Bertz CT molecular complexity index is 1430. The average Bonchev–Trinajstić information content (AvgIpc) is 3.66. The maximum atomic E-state index is 11.6. The van der Waals surface area contributed by atoms with Gasteiger partial charge in [0.15, 0.2) is 0 Å². The number of nitrogens with zero attached hydrogens (tertiary/aromatic N) is 7. The Morgan fingerprint density at radius 3 is 2.92 bits per heavy atom. The lowest BCUT2D eigenvalue weighted by atomic mass is 9.91. The number of carbonyl (C=O) groups is 1. The van der Waals surface area contributed by atoms with Crippen LogP contribution >= 0.6 is 0 Å². The van der Waals surface area contributed by atoms with Crippen molar-refractivity contribution in [3.05, 3.63) is 65.8 Å². The number of hydrogen-bond acceptors (Lipinski definition) is 10. The van der Waals surface area contributed by atoms with Crippen LogP contribution in [-0.4, -0.2) is 73.1 Å². The summed E-state index contributed by atoms with van der Waals surface area (Å²) in [5.74, 6) is -0.221. The molecule has 1 saturated heterocycles. The molecule has 3 aromatic heterocycles. The standard InChI is InChI=1S/C25H27N9O3/c1-33-12-17(11-28-33)29-25-27-7-4-21(30-25)16-2-3-19-15(10-16)5-8-34(18-6-9-36-14-18)13-20(19)23-31-32-24(37-23)22(26)35/h2-4,7,10-12,18,20H,5-6,8-9,13-14H2,1H3,(H2,26,35)(H,27,29,30)/t18-,20+/m0/s1. The molecular formula is C25H27N9O3. The highest BCUT2D eigenvalue weighted by Crippen LogP contribution is 2.34. The van der Waals surface area contributed by atoms with E-state index in [0.717, 1.165) is 48.5 Å². The molecule has 6 rings (SSSR count). The predicted molar refractivity (Wildman–Crippen MR) is 133 cm³/mol. The molecule has 0 aliphatic carbocycles. The largest absolute Gasteiger partial charge is 0.416 e. The summed E-state index contributed by atoms with van der Waals surface area (Å²) in [6, 6.07) is 8.52. The van der Waals surface area contributed by atoms with Crippen LogP contribution < -0.4 is 11.1 Å². The van der Waals surface area contributed by atoms with Gasteiger partial charge in [0, 0.05) is 50.7 Å². The number of benzene rings is 1. The van der Waals surface area contributed by atoms with Crippen LogP contribution in [0.2, 0.25) is 0 Å². The van der Waals surface area contributed by atoms with Crippen molar-refractivity contribution in [2.75, 3.05) is 31.6 Å². The van der Waals surface area contributed by atoms with E-state index >= 15 is 0 Å². The lowest BCUT2D eigenvalue weighted by Gasteiger charge is -2.28. The van der Waals surface area contributed by atoms with Crippen molar-refractivity contribution in [2.45, 2.75) is 24.8 Å². The van der Waals surface area contributed by atoms with Crippen LogP contribution in [0.3, 0.4) is 0 Å². The summed E-state index contributed by atoms with van der Waals surface area (Å²) in [5.41, 5.74) is 10.2. The second kappa shape index (κ2) is 9.71. The SMILES string of the molecule is Cn1cc(Nc2nccc(-c3ccc4c(c3)CCN([C@H]3CCOC3)C[C@H]4c3nnc(C(N)=O)o3)n2)cn1. The number of primary amides is 1. The third kappa shape index (κ3) is 4.80. The van der Waals surface area contributed by atoms with Gasteiger partial charge in [0.25, 0.3) is 0 Å². The van der Waals surface area contributed by atoms with E-state index < -0.39 is 5.91 Å². The van der Waals surface area contributed by atoms with Crippen LogP contribution in [0.15, 0.2) is 47.3 Å². The molecule has 1 aromatic carbocycles. The molecule has 0 spiro atoms.